The van der Waals surface area contributed by atoms with Crippen molar-refractivity contribution in [1.82, 2.24) is 4.72 Å². The van der Waals surface area contributed by atoms with E-state index >= 15 is 0 Å². The maximum atomic E-state index is 12.3. The lowest BCUT2D eigenvalue weighted by Crippen LogP contribution is -2.44. The first-order valence-corrected chi connectivity index (χ1v) is 8.81. The lowest BCUT2D eigenvalue weighted by Gasteiger charge is -2.27. The van der Waals surface area contributed by atoms with Crippen molar-refractivity contribution in [3.63, 3.8) is 0 Å². The second kappa shape index (κ2) is 6.26. The maximum absolute atomic E-state index is 12.3. The average Bonchev–Trinajstić information content (AvgIpc) is 2.86. The Hall–Kier alpha value is -1.23. The Bertz CT molecular complexity index is 628. The van der Waals surface area contributed by atoms with Crippen LogP contribution in [0.4, 0.5) is 10.7 Å². The number of thiophene rings is 1. The van der Waals surface area contributed by atoms with Crippen molar-refractivity contribution >= 4 is 32.0 Å². The van der Waals surface area contributed by atoms with Crippen molar-refractivity contribution in [3.8, 4) is 0 Å². The molecular weight excluding hydrogens is 318 g/mol. The molecule has 3 N–H and O–H groups in total. The van der Waals surface area contributed by atoms with Gasteiger partial charge in [0.2, 0.25) is 0 Å². The summed E-state index contributed by atoms with van der Waals surface area (Å²) in [7, 11) is -2.38. The van der Waals surface area contributed by atoms with Crippen molar-refractivity contribution in [2.45, 2.75) is 42.0 Å². The van der Waals surface area contributed by atoms with Gasteiger partial charge in [-0.15, -0.1) is 0 Å². The minimum absolute atomic E-state index is 0.128. The van der Waals surface area contributed by atoms with Crippen LogP contribution in [0.2, 0.25) is 0 Å². The van der Waals surface area contributed by atoms with E-state index in [4.69, 9.17) is 0 Å². The van der Waals surface area contributed by atoms with Crippen molar-refractivity contribution in [2.75, 3.05) is 12.4 Å². The van der Waals surface area contributed by atoms with Crippen LogP contribution in [0.15, 0.2) is 10.3 Å². The van der Waals surface area contributed by atoms with E-state index in [0.29, 0.717) is 12.8 Å². The Morgan fingerprint density at radius 3 is 2.62 bits per heavy atom. The molecule has 0 saturated heterocycles. The molecule has 118 valence electrons. The number of nitro groups is 1. The molecule has 1 aliphatic carbocycles. The lowest BCUT2D eigenvalue weighted by atomic mass is 9.93. The fourth-order valence-corrected chi connectivity index (χ4v) is 4.91. The first-order valence-electron chi connectivity index (χ1n) is 6.51. The molecule has 0 aromatic carbocycles. The summed E-state index contributed by atoms with van der Waals surface area (Å²) in [5, 5.41) is 23.5. The number of sulfonamides is 1. The Morgan fingerprint density at radius 1 is 1.43 bits per heavy atom. The van der Waals surface area contributed by atoms with E-state index in [9.17, 15) is 23.6 Å². The molecule has 2 rings (SSSR count). The predicted octanol–water partition coefficient (Wildman–Crippen LogP) is 1.28. The minimum atomic E-state index is -3.87. The van der Waals surface area contributed by atoms with Crippen LogP contribution in [0.1, 0.15) is 25.7 Å². The maximum Gasteiger partial charge on any atom is 0.304 e. The van der Waals surface area contributed by atoms with Crippen molar-refractivity contribution in [1.29, 1.82) is 0 Å². The van der Waals surface area contributed by atoms with Gasteiger partial charge in [0.25, 0.3) is 10.0 Å². The number of aliphatic hydroxyl groups excluding tert-OH is 1. The van der Waals surface area contributed by atoms with E-state index in [2.05, 4.69) is 10.0 Å². The van der Waals surface area contributed by atoms with Crippen molar-refractivity contribution in [3.05, 3.63) is 16.2 Å². The van der Waals surface area contributed by atoms with Crippen molar-refractivity contribution in [2.24, 2.45) is 0 Å². The molecule has 0 aliphatic heterocycles. The SMILES string of the molecule is CNc1sc(S(=O)(=O)NC2CCCCC2O)cc1[N+](=O)[O-]. The first-order chi connectivity index (χ1) is 9.85. The summed E-state index contributed by atoms with van der Waals surface area (Å²) in [6.45, 7) is 0. The second-order valence-corrected chi connectivity index (χ2v) is 7.86. The molecule has 0 spiro atoms. The molecular formula is C11H17N3O5S2. The van der Waals surface area contributed by atoms with Gasteiger partial charge in [0, 0.05) is 19.2 Å². The van der Waals surface area contributed by atoms with Crippen LogP contribution >= 0.6 is 11.3 Å². The van der Waals surface area contributed by atoms with Gasteiger partial charge in [-0.3, -0.25) is 10.1 Å². The Morgan fingerprint density at radius 2 is 2.10 bits per heavy atom. The summed E-state index contributed by atoms with van der Waals surface area (Å²) < 4.78 is 26.9. The molecule has 1 heterocycles. The second-order valence-electron chi connectivity index (χ2n) is 4.87. The molecule has 0 amide bonds. The molecule has 10 heteroatoms. The number of anilines is 1. The quantitative estimate of drug-likeness (QED) is 0.550. The zero-order valence-electron chi connectivity index (χ0n) is 11.4. The molecule has 21 heavy (non-hydrogen) atoms. The number of nitrogens with one attached hydrogen (secondary N) is 2. The molecule has 1 aromatic rings. The van der Waals surface area contributed by atoms with Crippen LogP contribution in [0, 0.1) is 10.1 Å². The lowest BCUT2D eigenvalue weighted by molar-refractivity contribution is -0.383. The Labute approximate surface area is 126 Å². The summed E-state index contributed by atoms with van der Waals surface area (Å²) in [5.74, 6) is 0. The number of aliphatic hydroxyl groups is 1. The zero-order chi connectivity index (χ0) is 15.6. The van der Waals surface area contributed by atoms with E-state index in [1.807, 2.05) is 0 Å². The van der Waals surface area contributed by atoms with Gasteiger partial charge >= 0.3 is 5.69 Å². The van der Waals surface area contributed by atoms with Crippen LogP contribution in [0.25, 0.3) is 0 Å². The molecule has 2 atom stereocenters. The third-order valence-corrected chi connectivity index (χ3v) is 6.52. The highest BCUT2D eigenvalue weighted by molar-refractivity contribution is 7.91. The summed E-state index contributed by atoms with van der Waals surface area (Å²) in [5.41, 5.74) is -0.271. The number of hydrogen-bond acceptors (Lipinski definition) is 7. The first kappa shape index (κ1) is 16.1. The molecule has 8 nitrogen and oxygen atoms in total. The van der Waals surface area contributed by atoms with Crippen LogP contribution in [-0.4, -0.2) is 37.6 Å². The topological polar surface area (TPSA) is 122 Å². The summed E-state index contributed by atoms with van der Waals surface area (Å²) >= 11 is 0.800. The Balaban J connectivity index is 2.25. The number of hydrogen-bond donors (Lipinski definition) is 3. The fourth-order valence-electron chi connectivity index (χ4n) is 2.31. The zero-order valence-corrected chi connectivity index (χ0v) is 13.0. The highest BCUT2D eigenvalue weighted by atomic mass is 32.2. The van der Waals surface area contributed by atoms with Gasteiger partial charge in [-0.25, -0.2) is 13.1 Å². The van der Waals surface area contributed by atoms with Gasteiger partial charge in [-0.05, 0) is 12.8 Å². The van der Waals surface area contributed by atoms with E-state index < -0.39 is 27.1 Å². The molecule has 0 radical (unpaired) electrons. The van der Waals surface area contributed by atoms with Crippen LogP contribution in [-0.2, 0) is 10.0 Å². The molecule has 2 unspecified atom stereocenters. The summed E-state index contributed by atoms with van der Waals surface area (Å²) in [4.78, 5) is 10.3. The van der Waals surface area contributed by atoms with Crippen molar-refractivity contribution < 1.29 is 18.4 Å². The smallest absolute Gasteiger partial charge is 0.304 e. The largest absolute Gasteiger partial charge is 0.391 e. The number of nitrogens with zero attached hydrogens (tertiary/aromatic N) is 1. The van der Waals surface area contributed by atoms with Gasteiger partial charge in [0.05, 0.1) is 11.0 Å². The summed E-state index contributed by atoms with van der Waals surface area (Å²) in [6.07, 6.45) is 2.11. The monoisotopic (exact) mass is 335 g/mol. The standard InChI is InChI=1S/C11H17N3O5S2/c1-12-11-8(14(16)17)6-10(20-11)21(18,19)13-7-4-2-3-5-9(7)15/h6-7,9,12-13,15H,2-5H2,1H3. The molecule has 1 aromatic heterocycles. The highest BCUT2D eigenvalue weighted by Crippen LogP contribution is 2.36. The van der Waals surface area contributed by atoms with Gasteiger partial charge in [0.1, 0.15) is 4.21 Å². The van der Waals surface area contributed by atoms with Gasteiger partial charge < -0.3 is 10.4 Å². The minimum Gasteiger partial charge on any atom is -0.391 e. The normalized spacial score (nSPS) is 23.0. The highest BCUT2D eigenvalue weighted by Gasteiger charge is 2.31. The third-order valence-electron chi connectivity index (χ3n) is 3.41. The average molecular weight is 335 g/mol. The van der Waals surface area contributed by atoms with Gasteiger partial charge in [0.15, 0.2) is 5.00 Å². The van der Waals surface area contributed by atoms with E-state index in [-0.39, 0.29) is 14.9 Å². The third kappa shape index (κ3) is 3.51. The predicted molar refractivity (Wildman–Crippen MR) is 79.1 cm³/mol. The van der Waals surface area contributed by atoms with Gasteiger partial charge in [-0.1, -0.05) is 24.2 Å². The number of rotatable bonds is 5. The molecule has 1 fully saturated rings. The fraction of sp³-hybridized carbons (Fsp3) is 0.636. The van der Waals surface area contributed by atoms with E-state index in [1.165, 1.54) is 7.05 Å². The van der Waals surface area contributed by atoms with Crippen LogP contribution in [0.5, 0.6) is 0 Å². The van der Waals surface area contributed by atoms with Crippen LogP contribution in [0.3, 0.4) is 0 Å². The molecule has 1 saturated carbocycles. The molecule has 1 aliphatic rings. The van der Waals surface area contributed by atoms with E-state index in [0.717, 1.165) is 30.2 Å². The summed E-state index contributed by atoms with van der Waals surface area (Å²) in [6, 6.07) is 0.497. The van der Waals surface area contributed by atoms with Crippen LogP contribution < -0.4 is 10.0 Å². The van der Waals surface area contributed by atoms with E-state index in [1.54, 1.807) is 0 Å². The van der Waals surface area contributed by atoms with Gasteiger partial charge in [-0.2, -0.15) is 0 Å². The Kier molecular flexibility index (Phi) is 4.81. The molecule has 0 bridgehead atoms.